The zero-order valence-electron chi connectivity index (χ0n) is 12.4. The molecule has 2 rings (SSSR count). The van der Waals surface area contributed by atoms with Crippen molar-refractivity contribution >= 4 is 11.3 Å². The first-order chi connectivity index (χ1) is 9.15. The average Bonchev–Trinajstić information content (AvgIpc) is 2.69. The molecule has 1 fully saturated rings. The zero-order valence-corrected chi connectivity index (χ0v) is 13.2. The van der Waals surface area contributed by atoms with Gasteiger partial charge in [0.15, 0.2) is 0 Å². The molecular formula is C15H26N2OS. The summed E-state index contributed by atoms with van der Waals surface area (Å²) in [5.41, 5.74) is 1.55. The van der Waals surface area contributed by atoms with Gasteiger partial charge in [0.2, 0.25) is 0 Å². The fourth-order valence-corrected chi connectivity index (χ4v) is 3.79. The second kappa shape index (κ2) is 6.82. The molecule has 1 aromatic heterocycles. The summed E-state index contributed by atoms with van der Waals surface area (Å²) >= 11 is 1.87. The van der Waals surface area contributed by atoms with Crippen LogP contribution in [-0.4, -0.2) is 31.3 Å². The van der Waals surface area contributed by atoms with Crippen molar-refractivity contribution in [3.8, 4) is 0 Å². The van der Waals surface area contributed by atoms with Gasteiger partial charge in [0.1, 0.15) is 0 Å². The number of hydrogen-bond donors (Lipinski definition) is 1. The van der Waals surface area contributed by atoms with Crippen LogP contribution in [0.5, 0.6) is 0 Å². The van der Waals surface area contributed by atoms with Gasteiger partial charge >= 0.3 is 0 Å². The molecule has 4 heteroatoms. The van der Waals surface area contributed by atoms with Crippen molar-refractivity contribution in [1.82, 2.24) is 10.3 Å². The second-order valence-corrected chi connectivity index (χ2v) is 7.00. The van der Waals surface area contributed by atoms with Crippen molar-refractivity contribution in [3.63, 3.8) is 0 Å². The van der Waals surface area contributed by atoms with Gasteiger partial charge in [0, 0.05) is 31.1 Å². The van der Waals surface area contributed by atoms with Crippen molar-refractivity contribution < 1.29 is 4.74 Å². The topological polar surface area (TPSA) is 34.2 Å². The first-order valence-corrected chi connectivity index (χ1v) is 8.18. The van der Waals surface area contributed by atoms with Crippen molar-refractivity contribution in [2.24, 2.45) is 5.41 Å². The number of aromatic nitrogens is 1. The van der Waals surface area contributed by atoms with E-state index in [0.717, 1.165) is 45.6 Å². The molecule has 0 bridgehead atoms. The molecular weight excluding hydrogens is 256 g/mol. The van der Waals surface area contributed by atoms with E-state index in [1.54, 1.807) is 0 Å². The highest BCUT2D eigenvalue weighted by molar-refractivity contribution is 7.11. The normalized spacial score (nSPS) is 18.7. The third-order valence-corrected chi connectivity index (χ3v) is 5.15. The Morgan fingerprint density at radius 2 is 2.05 bits per heavy atom. The van der Waals surface area contributed by atoms with Crippen LogP contribution in [0.1, 0.15) is 41.8 Å². The molecule has 0 saturated carbocycles. The monoisotopic (exact) mass is 282 g/mol. The van der Waals surface area contributed by atoms with E-state index < -0.39 is 0 Å². The molecule has 0 unspecified atom stereocenters. The number of nitrogens with one attached hydrogen (secondary N) is 1. The molecule has 19 heavy (non-hydrogen) atoms. The molecule has 0 spiro atoms. The lowest BCUT2D eigenvalue weighted by atomic mass is 9.77. The Balaban J connectivity index is 2.04. The van der Waals surface area contributed by atoms with Gasteiger partial charge < -0.3 is 10.1 Å². The Labute approximate surface area is 120 Å². The van der Waals surface area contributed by atoms with E-state index in [0.29, 0.717) is 5.41 Å². The molecule has 1 N–H and O–H groups in total. The van der Waals surface area contributed by atoms with E-state index in [9.17, 15) is 0 Å². The fraction of sp³-hybridized carbons (Fsp3) is 0.800. The quantitative estimate of drug-likeness (QED) is 0.814. The van der Waals surface area contributed by atoms with Crippen molar-refractivity contribution in [3.05, 3.63) is 15.6 Å². The number of thiazole rings is 1. The van der Waals surface area contributed by atoms with Crippen LogP contribution in [0.15, 0.2) is 0 Å². The van der Waals surface area contributed by atoms with Gasteiger partial charge in [-0.2, -0.15) is 0 Å². The SMILES string of the molecule is CCCNCC1(Cc2nc(C)c(C)s2)CCOCC1. The van der Waals surface area contributed by atoms with Crippen LogP contribution in [0.4, 0.5) is 0 Å². The predicted octanol–water partition coefficient (Wildman–Crippen LogP) is 3.10. The molecule has 0 aliphatic carbocycles. The maximum atomic E-state index is 5.55. The Hall–Kier alpha value is -0.450. The van der Waals surface area contributed by atoms with Crippen LogP contribution in [0.3, 0.4) is 0 Å². The molecule has 0 radical (unpaired) electrons. The highest BCUT2D eigenvalue weighted by Gasteiger charge is 2.33. The molecule has 3 nitrogen and oxygen atoms in total. The van der Waals surface area contributed by atoms with E-state index in [2.05, 4.69) is 26.1 Å². The predicted molar refractivity (Wildman–Crippen MR) is 80.9 cm³/mol. The summed E-state index contributed by atoms with van der Waals surface area (Å²) in [4.78, 5) is 6.09. The Kier molecular flexibility index (Phi) is 5.37. The van der Waals surface area contributed by atoms with Crippen molar-refractivity contribution in [1.29, 1.82) is 0 Å². The van der Waals surface area contributed by atoms with Gasteiger partial charge in [-0.3, -0.25) is 0 Å². The van der Waals surface area contributed by atoms with Gasteiger partial charge in [-0.15, -0.1) is 11.3 Å². The summed E-state index contributed by atoms with van der Waals surface area (Å²) in [6, 6.07) is 0. The van der Waals surface area contributed by atoms with Gasteiger partial charge in [0.25, 0.3) is 0 Å². The smallest absolute Gasteiger partial charge is 0.0936 e. The van der Waals surface area contributed by atoms with Crippen LogP contribution in [-0.2, 0) is 11.2 Å². The Morgan fingerprint density at radius 3 is 2.63 bits per heavy atom. The summed E-state index contributed by atoms with van der Waals surface area (Å²) in [6.45, 7) is 10.5. The highest BCUT2D eigenvalue weighted by Crippen LogP contribution is 2.35. The molecule has 1 aromatic rings. The Morgan fingerprint density at radius 1 is 1.32 bits per heavy atom. The molecule has 0 aromatic carbocycles. The van der Waals surface area contributed by atoms with E-state index >= 15 is 0 Å². The number of rotatable bonds is 6. The van der Waals surface area contributed by atoms with E-state index in [1.165, 1.54) is 22.0 Å². The molecule has 108 valence electrons. The zero-order chi connectivity index (χ0) is 13.7. The summed E-state index contributed by atoms with van der Waals surface area (Å²) < 4.78 is 5.55. The van der Waals surface area contributed by atoms with Gasteiger partial charge in [-0.25, -0.2) is 4.98 Å². The molecule has 0 amide bonds. The van der Waals surface area contributed by atoms with E-state index in [1.807, 2.05) is 11.3 Å². The molecule has 2 heterocycles. The minimum absolute atomic E-state index is 0.351. The maximum Gasteiger partial charge on any atom is 0.0936 e. The van der Waals surface area contributed by atoms with Crippen LogP contribution >= 0.6 is 11.3 Å². The summed E-state index contributed by atoms with van der Waals surface area (Å²) in [5.74, 6) is 0. The molecule has 1 aliphatic heterocycles. The summed E-state index contributed by atoms with van der Waals surface area (Å²) in [5, 5.41) is 4.91. The van der Waals surface area contributed by atoms with Crippen LogP contribution in [0, 0.1) is 19.3 Å². The van der Waals surface area contributed by atoms with Crippen LogP contribution in [0.25, 0.3) is 0 Å². The third-order valence-electron chi connectivity index (χ3n) is 4.08. The van der Waals surface area contributed by atoms with Crippen molar-refractivity contribution in [2.75, 3.05) is 26.3 Å². The number of aryl methyl sites for hydroxylation is 2. The number of ether oxygens (including phenoxy) is 1. The van der Waals surface area contributed by atoms with Gasteiger partial charge in [0.05, 0.1) is 10.7 Å². The summed E-state index contributed by atoms with van der Waals surface area (Å²) in [6.07, 6.45) is 4.61. The number of hydrogen-bond acceptors (Lipinski definition) is 4. The Bertz CT molecular complexity index is 377. The minimum atomic E-state index is 0.351. The first-order valence-electron chi connectivity index (χ1n) is 7.36. The third kappa shape index (κ3) is 4.01. The largest absolute Gasteiger partial charge is 0.381 e. The highest BCUT2D eigenvalue weighted by atomic mass is 32.1. The lowest BCUT2D eigenvalue weighted by Gasteiger charge is -2.37. The number of nitrogens with zero attached hydrogens (tertiary/aromatic N) is 1. The van der Waals surface area contributed by atoms with Gasteiger partial charge in [-0.1, -0.05) is 6.92 Å². The molecule has 0 atom stereocenters. The molecule has 1 saturated heterocycles. The lowest BCUT2D eigenvalue weighted by Crippen LogP contribution is -2.41. The summed E-state index contributed by atoms with van der Waals surface area (Å²) in [7, 11) is 0. The van der Waals surface area contributed by atoms with Crippen molar-refractivity contribution in [2.45, 2.75) is 46.5 Å². The first kappa shape index (κ1) is 14.9. The fourth-order valence-electron chi connectivity index (χ4n) is 2.69. The lowest BCUT2D eigenvalue weighted by molar-refractivity contribution is 0.0150. The minimum Gasteiger partial charge on any atom is -0.381 e. The van der Waals surface area contributed by atoms with Gasteiger partial charge in [-0.05, 0) is 45.1 Å². The average molecular weight is 282 g/mol. The van der Waals surface area contributed by atoms with E-state index in [-0.39, 0.29) is 0 Å². The second-order valence-electron chi connectivity index (χ2n) is 5.72. The van der Waals surface area contributed by atoms with Crippen LogP contribution in [0.2, 0.25) is 0 Å². The van der Waals surface area contributed by atoms with Crippen LogP contribution < -0.4 is 5.32 Å². The molecule has 1 aliphatic rings. The maximum absolute atomic E-state index is 5.55. The van der Waals surface area contributed by atoms with E-state index in [4.69, 9.17) is 9.72 Å². The standard InChI is InChI=1S/C15H26N2OS/c1-4-7-16-11-15(5-8-18-9-6-15)10-14-17-12(2)13(3)19-14/h16H,4-11H2,1-3H3.